The normalized spacial score (nSPS) is 31.6. The van der Waals surface area contributed by atoms with Crippen molar-refractivity contribution in [1.82, 2.24) is 9.55 Å². The van der Waals surface area contributed by atoms with E-state index in [1.165, 1.54) is 12.3 Å². The van der Waals surface area contributed by atoms with Crippen LogP contribution < -0.4 is 11.2 Å². The van der Waals surface area contributed by atoms with Crippen molar-refractivity contribution in [1.29, 1.82) is 0 Å². The monoisotopic (exact) mass is 285 g/mol. The third kappa shape index (κ3) is 1.90. The number of rotatable bonds is 3. The number of anilines is 1. The van der Waals surface area contributed by atoms with Crippen LogP contribution in [0.15, 0.2) is 17.1 Å². The Labute approximate surface area is 111 Å². The highest BCUT2D eigenvalue weighted by atomic mass is 16.8. The molecule has 10 nitrogen and oxygen atoms in total. The summed E-state index contributed by atoms with van der Waals surface area (Å²) in [5, 5.41) is 17.9. The van der Waals surface area contributed by atoms with Crippen LogP contribution in [0.2, 0.25) is 0 Å². The standard InChI is InChI=1S/C10H11N3O7/c14-3-4-6-7(20-10(16)19-6)8(18-4)13-2-1-5(12-17)11-9(13)15/h1-2,4,6-8,14,17H,3H2,(H,11,12,15)/t4-,6-,7-,8-/m1/s1. The predicted octanol–water partition coefficient (Wildman–Crippen LogP) is -1.16. The predicted molar refractivity (Wildman–Crippen MR) is 60.0 cm³/mol. The van der Waals surface area contributed by atoms with Crippen molar-refractivity contribution in [2.75, 3.05) is 12.1 Å². The first-order valence-corrected chi connectivity index (χ1v) is 5.77. The van der Waals surface area contributed by atoms with E-state index >= 15 is 0 Å². The van der Waals surface area contributed by atoms with Crippen molar-refractivity contribution >= 4 is 12.0 Å². The Kier molecular flexibility index (Phi) is 3.04. The van der Waals surface area contributed by atoms with Gasteiger partial charge < -0.3 is 19.3 Å². The molecule has 0 radical (unpaired) electrons. The zero-order chi connectivity index (χ0) is 14.3. The highest BCUT2D eigenvalue weighted by Gasteiger charge is 2.55. The summed E-state index contributed by atoms with van der Waals surface area (Å²) in [6.07, 6.45) is -2.90. The molecule has 3 heterocycles. The summed E-state index contributed by atoms with van der Waals surface area (Å²) in [5.41, 5.74) is 1.03. The van der Waals surface area contributed by atoms with Gasteiger partial charge >= 0.3 is 11.8 Å². The molecule has 108 valence electrons. The van der Waals surface area contributed by atoms with E-state index in [4.69, 9.17) is 19.4 Å². The molecule has 0 aromatic carbocycles. The van der Waals surface area contributed by atoms with E-state index in [1.807, 2.05) is 0 Å². The van der Waals surface area contributed by atoms with Crippen molar-refractivity contribution in [2.24, 2.45) is 0 Å². The molecule has 2 aliphatic rings. The third-order valence-electron chi connectivity index (χ3n) is 3.15. The third-order valence-corrected chi connectivity index (χ3v) is 3.15. The van der Waals surface area contributed by atoms with Crippen molar-refractivity contribution in [3.63, 3.8) is 0 Å². The lowest BCUT2D eigenvalue weighted by atomic mass is 10.1. The molecular formula is C10H11N3O7. The van der Waals surface area contributed by atoms with E-state index in [1.54, 1.807) is 5.48 Å². The molecule has 3 rings (SSSR count). The Morgan fingerprint density at radius 1 is 1.35 bits per heavy atom. The first-order chi connectivity index (χ1) is 9.63. The molecule has 2 saturated heterocycles. The highest BCUT2D eigenvalue weighted by Crippen LogP contribution is 2.36. The fourth-order valence-corrected chi connectivity index (χ4v) is 2.27. The van der Waals surface area contributed by atoms with Gasteiger partial charge in [0.25, 0.3) is 0 Å². The van der Waals surface area contributed by atoms with Gasteiger partial charge in [-0.25, -0.2) is 9.59 Å². The summed E-state index contributed by atoms with van der Waals surface area (Å²) >= 11 is 0. The fourth-order valence-electron chi connectivity index (χ4n) is 2.27. The number of aromatic nitrogens is 2. The van der Waals surface area contributed by atoms with Crippen LogP contribution in [0.4, 0.5) is 10.6 Å². The quantitative estimate of drug-likeness (QED) is 0.464. The Hall–Kier alpha value is -2.17. The average molecular weight is 285 g/mol. The molecule has 0 spiro atoms. The smallest absolute Gasteiger partial charge is 0.424 e. The van der Waals surface area contributed by atoms with Crippen LogP contribution in [0.5, 0.6) is 0 Å². The summed E-state index contributed by atoms with van der Waals surface area (Å²) in [6, 6.07) is 1.34. The van der Waals surface area contributed by atoms with Gasteiger partial charge in [0.05, 0.1) is 6.61 Å². The van der Waals surface area contributed by atoms with E-state index in [2.05, 4.69) is 4.98 Å². The number of hydrogen-bond donors (Lipinski definition) is 3. The number of aliphatic hydroxyl groups excluding tert-OH is 1. The van der Waals surface area contributed by atoms with Gasteiger partial charge in [-0.3, -0.25) is 15.3 Å². The van der Waals surface area contributed by atoms with Crippen LogP contribution in [0.25, 0.3) is 0 Å². The topological polar surface area (TPSA) is 132 Å². The van der Waals surface area contributed by atoms with Crippen molar-refractivity contribution in [3.05, 3.63) is 22.7 Å². The Balaban J connectivity index is 1.94. The van der Waals surface area contributed by atoms with Gasteiger partial charge in [-0.15, -0.1) is 0 Å². The van der Waals surface area contributed by atoms with Crippen LogP contribution in [0.1, 0.15) is 6.23 Å². The number of fused-ring (bicyclic) bond motifs is 1. The molecule has 0 bridgehead atoms. The van der Waals surface area contributed by atoms with Crippen LogP contribution in [-0.4, -0.2) is 50.9 Å². The number of carbonyl (C=O) groups excluding carboxylic acids is 1. The highest BCUT2D eigenvalue weighted by molar-refractivity contribution is 5.63. The van der Waals surface area contributed by atoms with Gasteiger partial charge in [0.2, 0.25) is 0 Å². The maximum absolute atomic E-state index is 11.8. The SMILES string of the molecule is O=C1O[C@@H]2[C@H](O1)[C@@H](CO)O[C@H]2n1ccc(NO)nc1=O. The van der Waals surface area contributed by atoms with Gasteiger partial charge in [-0.1, -0.05) is 0 Å². The minimum atomic E-state index is -0.948. The lowest BCUT2D eigenvalue weighted by Gasteiger charge is -2.17. The zero-order valence-electron chi connectivity index (χ0n) is 10.0. The molecule has 4 atom stereocenters. The molecule has 10 heteroatoms. The number of aliphatic hydroxyl groups is 1. The number of ether oxygens (including phenoxy) is 3. The molecule has 1 aromatic heterocycles. The fraction of sp³-hybridized carbons (Fsp3) is 0.500. The van der Waals surface area contributed by atoms with E-state index in [-0.39, 0.29) is 12.4 Å². The van der Waals surface area contributed by atoms with Gasteiger partial charge in [0.1, 0.15) is 6.10 Å². The van der Waals surface area contributed by atoms with Crippen molar-refractivity contribution in [3.8, 4) is 0 Å². The summed E-state index contributed by atoms with van der Waals surface area (Å²) < 4.78 is 16.4. The van der Waals surface area contributed by atoms with Crippen LogP contribution >= 0.6 is 0 Å². The van der Waals surface area contributed by atoms with Crippen LogP contribution in [0, 0.1) is 0 Å². The van der Waals surface area contributed by atoms with Crippen molar-refractivity contribution < 1.29 is 29.3 Å². The first-order valence-electron chi connectivity index (χ1n) is 5.77. The van der Waals surface area contributed by atoms with E-state index < -0.39 is 36.4 Å². The summed E-state index contributed by atoms with van der Waals surface area (Å²) in [6.45, 7) is -0.382. The minimum absolute atomic E-state index is 0.0285. The Morgan fingerprint density at radius 2 is 2.10 bits per heavy atom. The maximum atomic E-state index is 11.8. The molecule has 1 aromatic rings. The minimum Gasteiger partial charge on any atom is -0.424 e. The average Bonchev–Trinajstić information content (AvgIpc) is 2.96. The van der Waals surface area contributed by atoms with Gasteiger partial charge in [0.15, 0.2) is 24.3 Å². The first kappa shape index (κ1) is 12.8. The van der Waals surface area contributed by atoms with Gasteiger partial charge in [0, 0.05) is 6.20 Å². The second-order valence-electron chi connectivity index (χ2n) is 4.28. The van der Waals surface area contributed by atoms with Crippen LogP contribution in [-0.2, 0) is 14.2 Å². The molecule has 2 aliphatic heterocycles. The van der Waals surface area contributed by atoms with Crippen molar-refractivity contribution in [2.45, 2.75) is 24.5 Å². The zero-order valence-corrected chi connectivity index (χ0v) is 10.0. The number of carbonyl (C=O) groups is 1. The summed E-state index contributed by atoms with van der Waals surface area (Å²) in [5.74, 6) is -0.0285. The molecule has 0 aliphatic carbocycles. The van der Waals surface area contributed by atoms with Crippen LogP contribution in [0.3, 0.4) is 0 Å². The lowest BCUT2D eigenvalue weighted by molar-refractivity contribution is -0.0735. The second kappa shape index (κ2) is 4.74. The summed E-state index contributed by atoms with van der Waals surface area (Å²) in [4.78, 5) is 26.5. The van der Waals surface area contributed by atoms with Gasteiger partial charge in [-0.05, 0) is 6.07 Å². The molecule has 3 N–H and O–H groups in total. The molecule has 20 heavy (non-hydrogen) atoms. The van der Waals surface area contributed by atoms with E-state index in [0.717, 1.165) is 4.57 Å². The number of nitrogens with one attached hydrogen (secondary N) is 1. The molecule has 0 amide bonds. The Morgan fingerprint density at radius 3 is 2.75 bits per heavy atom. The number of hydrogen-bond acceptors (Lipinski definition) is 9. The lowest BCUT2D eigenvalue weighted by Crippen LogP contribution is -2.34. The summed E-state index contributed by atoms with van der Waals surface area (Å²) in [7, 11) is 0. The molecule has 0 saturated carbocycles. The largest absolute Gasteiger partial charge is 0.509 e. The van der Waals surface area contributed by atoms with E-state index in [0.29, 0.717) is 0 Å². The molecule has 0 unspecified atom stereocenters. The number of nitrogens with zero attached hydrogens (tertiary/aromatic N) is 2. The molecular weight excluding hydrogens is 274 g/mol. The second-order valence-corrected chi connectivity index (χ2v) is 4.28. The maximum Gasteiger partial charge on any atom is 0.509 e. The Bertz CT molecular complexity index is 588. The van der Waals surface area contributed by atoms with E-state index in [9.17, 15) is 14.7 Å². The molecule has 2 fully saturated rings. The van der Waals surface area contributed by atoms with Gasteiger partial charge in [-0.2, -0.15) is 4.98 Å².